The lowest BCUT2D eigenvalue weighted by molar-refractivity contribution is -0.134. The molecule has 4 heteroatoms. The number of para-hydroxylation sites is 1. The predicted molar refractivity (Wildman–Crippen MR) is 56.3 cm³/mol. The number of nitrogen functional groups attached to an aromatic ring is 1. The Balaban J connectivity index is 2.83. The van der Waals surface area contributed by atoms with Gasteiger partial charge >= 0.3 is 5.97 Å². The second kappa shape index (κ2) is 4.95. The van der Waals surface area contributed by atoms with Gasteiger partial charge < -0.3 is 10.5 Å². The molecule has 2 N–H and O–H groups in total. The van der Waals surface area contributed by atoms with Crippen LogP contribution in [0.1, 0.15) is 10.4 Å². The molecule has 0 aliphatic rings. The Morgan fingerprint density at radius 3 is 2.53 bits per heavy atom. The number of rotatable bonds is 3. The number of hydrogen-bond donors (Lipinski definition) is 1. The molecule has 0 radical (unpaired) electrons. The standard InChI is InChI=1S/C11H11NO3/c1-15-11(14)7-6-10(13)8-4-2-3-5-9(8)12/h2-7H,12H2,1H3. The Labute approximate surface area is 87.3 Å². The first kappa shape index (κ1) is 11.0. The van der Waals surface area contributed by atoms with Crippen molar-refractivity contribution in [2.75, 3.05) is 12.8 Å². The van der Waals surface area contributed by atoms with E-state index in [0.717, 1.165) is 12.2 Å². The molecule has 0 aromatic heterocycles. The number of benzene rings is 1. The molecule has 0 aliphatic heterocycles. The maximum absolute atomic E-state index is 11.5. The zero-order chi connectivity index (χ0) is 11.3. The molecule has 0 saturated heterocycles. The minimum absolute atomic E-state index is 0.321. The molecule has 1 aromatic carbocycles. The molecular formula is C11H11NO3. The third-order valence-corrected chi connectivity index (χ3v) is 1.80. The second-order valence-electron chi connectivity index (χ2n) is 2.81. The minimum atomic E-state index is -0.571. The van der Waals surface area contributed by atoms with E-state index in [-0.39, 0.29) is 5.78 Å². The van der Waals surface area contributed by atoms with Gasteiger partial charge in [-0.3, -0.25) is 4.79 Å². The van der Waals surface area contributed by atoms with Crippen LogP contribution >= 0.6 is 0 Å². The van der Waals surface area contributed by atoms with Crippen LogP contribution in [-0.2, 0) is 9.53 Å². The first-order valence-corrected chi connectivity index (χ1v) is 4.30. The largest absolute Gasteiger partial charge is 0.466 e. The first-order chi connectivity index (χ1) is 7.15. The summed E-state index contributed by atoms with van der Waals surface area (Å²) in [6.45, 7) is 0. The van der Waals surface area contributed by atoms with Gasteiger partial charge in [0.25, 0.3) is 0 Å². The molecule has 1 rings (SSSR count). The quantitative estimate of drug-likeness (QED) is 0.348. The molecule has 0 bridgehead atoms. The number of esters is 1. The van der Waals surface area contributed by atoms with Crippen LogP contribution in [0.3, 0.4) is 0 Å². The fraction of sp³-hybridized carbons (Fsp3) is 0.0909. The Kier molecular flexibility index (Phi) is 3.62. The molecule has 15 heavy (non-hydrogen) atoms. The number of ketones is 1. The number of carbonyl (C=O) groups excluding carboxylic acids is 2. The van der Waals surface area contributed by atoms with Crippen molar-refractivity contribution in [2.24, 2.45) is 0 Å². The maximum Gasteiger partial charge on any atom is 0.330 e. The molecule has 0 fully saturated rings. The minimum Gasteiger partial charge on any atom is -0.466 e. The van der Waals surface area contributed by atoms with Gasteiger partial charge in [-0.1, -0.05) is 12.1 Å². The van der Waals surface area contributed by atoms with Crippen molar-refractivity contribution in [1.82, 2.24) is 0 Å². The zero-order valence-corrected chi connectivity index (χ0v) is 8.27. The lowest BCUT2D eigenvalue weighted by Gasteiger charge is -1.99. The Morgan fingerprint density at radius 2 is 1.93 bits per heavy atom. The summed E-state index contributed by atoms with van der Waals surface area (Å²) < 4.78 is 4.36. The highest BCUT2D eigenvalue weighted by Crippen LogP contribution is 2.11. The molecule has 78 valence electrons. The van der Waals surface area contributed by atoms with E-state index in [1.165, 1.54) is 7.11 Å². The fourth-order valence-electron chi connectivity index (χ4n) is 1.02. The molecular weight excluding hydrogens is 194 g/mol. The number of hydrogen-bond acceptors (Lipinski definition) is 4. The molecule has 0 spiro atoms. The van der Waals surface area contributed by atoms with Gasteiger partial charge in [0.1, 0.15) is 0 Å². The van der Waals surface area contributed by atoms with Crippen molar-refractivity contribution in [2.45, 2.75) is 0 Å². The highest BCUT2D eigenvalue weighted by molar-refractivity contribution is 6.09. The van der Waals surface area contributed by atoms with Crippen LogP contribution in [-0.4, -0.2) is 18.9 Å². The summed E-state index contributed by atoms with van der Waals surface area (Å²) in [6.07, 6.45) is 2.20. The lowest BCUT2D eigenvalue weighted by Crippen LogP contribution is -2.02. The molecule has 4 nitrogen and oxygen atoms in total. The van der Waals surface area contributed by atoms with E-state index in [0.29, 0.717) is 11.3 Å². The number of methoxy groups -OCH3 is 1. The van der Waals surface area contributed by atoms with Crippen LogP contribution < -0.4 is 5.73 Å². The average molecular weight is 205 g/mol. The normalized spacial score (nSPS) is 10.2. The van der Waals surface area contributed by atoms with Gasteiger partial charge in [0.15, 0.2) is 5.78 Å². The molecule has 0 aliphatic carbocycles. The first-order valence-electron chi connectivity index (χ1n) is 4.30. The average Bonchev–Trinajstić information content (AvgIpc) is 2.26. The molecule has 0 atom stereocenters. The van der Waals surface area contributed by atoms with Gasteiger partial charge in [0.2, 0.25) is 0 Å². The number of ether oxygens (including phenoxy) is 1. The summed E-state index contributed by atoms with van der Waals surface area (Å²) in [5.74, 6) is -0.892. The van der Waals surface area contributed by atoms with Crippen molar-refractivity contribution in [3.8, 4) is 0 Å². The van der Waals surface area contributed by atoms with Crippen molar-refractivity contribution >= 4 is 17.4 Å². The van der Waals surface area contributed by atoms with Crippen molar-refractivity contribution in [3.05, 3.63) is 42.0 Å². The third-order valence-electron chi connectivity index (χ3n) is 1.80. The van der Waals surface area contributed by atoms with Gasteiger partial charge in [0.05, 0.1) is 7.11 Å². The second-order valence-corrected chi connectivity index (χ2v) is 2.81. The highest BCUT2D eigenvalue weighted by atomic mass is 16.5. The summed E-state index contributed by atoms with van der Waals surface area (Å²) >= 11 is 0. The van der Waals surface area contributed by atoms with Crippen molar-refractivity contribution in [3.63, 3.8) is 0 Å². The number of allylic oxidation sites excluding steroid dienone is 1. The van der Waals surface area contributed by atoms with Crippen LogP contribution in [0.5, 0.6) is 0 Å². The van der Waals surface area contributed by atoms with Gasteiger partial charge in [-0.25, -0.2) is 4.79 Å². The van der Waals surface area contributed by atoms with E-state index in [9.17, 15) is 9.59 Å². The molecule has 0 unspecified atom stereocenters. The van der Waals surface area contributed by atoms with E-state index in [2.05, 4.69) is 4.74 Å². The smallest absolute Gasteiger partial charge is 0.330 e. The number of nitrogens with two attached hydrogens (primary N) is 1. The monoisotopic (exact) mass is 205 g/mol. The van der Waals surface area contributed by atoms with Crippen LogP contribution in [0.25, 0.3) is 0 Å². The maximum atomic E-state index is 11.5. The zero-order valence-electron chi connectivity index (χ0n) is 8.27. The molecule has 0 saturated carbocycles. The Morgan fingerprint density at radius 1 is 1.27 bits per heavy atom. The molecule has 0 amide bonds. The Hall–Kier alpha value is -2.10. The summed E-state index contributed by atoms with van der Waals surface area (Å²) in [6, 6.07) is 6.66. The van der Waals surface area contributed by atoms with Gasteiger partial charge in [-0.2, -0.15) is 0 Å². The van der Waals surface area contributed by atoms with Crippen LogP contribution in [0.15, 0.2) is 36.4 Å². The lowest BCUT2D eigenvalue weighted by atomic mass is 10.1. The van der Waals surface area contributed by atoms with E-state index >= 15 is 0 Å². The summed E-state index contributed by atoms with van der Waals surface area (Å²) in [5.41, 5.74) is 6.35. The summed E-state index contributed by atoms with van der Waals surface area (Å²) in [7, 11) is 1.24. The van der Waals surface area contributed by atoms with Gasteiger partial charge in [-0.15, -0.1) is 0 Å². The Bertz CT molecular complexity index is 410. The number of carbonyl (C=O) groups is 2. The van der Waals surface area contributed by atoms with Crippen molar-refractivity contribution in [1.29, 1.82) is 0 Å². The van der Waals surface area contributed by atoms with E-state index < -0.39 is 5.97 Å². The summed E-state index contributed by atoms with van der Waals surface area (Å²) in [5, 5.41) is 0. The van der Waals surface area contributed by atoms with Gasteiger partial charge in [0, 0.05) is 17.3 Å². The predicted octanol–water partition coefficient (Wildman–Crippen LogP) is 1.18. The van der Waals surface area contributed by atoms with Crippen molar-refractivity contribution < 1.29 is 14.3 Å². The molecule has 1 aromatic rings. The summed E-state index contributed by atoms with van der Waals surface area (Å²) in [4.78, 5) is 22.3. The van der Waals surface area contributed by atoms with Crippen LogP contribution in [0, 0.1) is 0 Å². The van der Waals surface area contributed by atoms with Crippen LogP contribution in [0.4, 0.5) is 5.69 Å². The van der Waals surface area contributed by atoms with Gasteiger partial charge in [-0.05, 0) is 18.2 Å². The SMILES string of the molecule is COC(=O)C=CC(=O)c1ccccc1N. The highest BCUT2D eigenvalue weighted by Gasteiger charge is 2.05. The fourth-order valence-corrected chi connectivity index (χ4v) is 1.02. The van der Waals surface area contributed by atoms with Crippen LogP contribution in [0.2, 0.25) is 0 Å². The van der Waals surface area contributed by atoms with E-state index in [4.69, 9.17) is 5.73 Å². The van der Waals surface area contributed by atoms with E-state index in [1.54, 1.807) is 24.3 Å². The van der Waals surface area contributed by atoms with E-state index in [1.807, 2.05) is 0 Å². The number of anilines is 1. The molecule has 0 heterocycles. The third kappa shape index (κ3) is 2.95. The topological polar surface area (TPSA) is 69.4 Å².